The van der Waals surface area contributed by atoms with Gasteiger partial charge in [-0.25, -0.2) is 4.98 Å². The number of carbonyl (C=O) groups excluding carboxylic acids is 1. The lowest BCUT2D eigenvalue weighted by Crippen LogP contribution is -2.48. The Morgan fingerprint density at radius 1 is 0.909 bits per heavy atom. The van der Waals surface area contributed by atoms with E-state index < -0.39 is 0 Å². The summed E-state index contributed by atoms with van der Waals surface area (Å²) in [7, 11) is 0. The number of para-hydroxylation sites is 1. The Balaban J connectivity index is 1.23. The molecule has 0 N–H and O–H groups in total. The van der Waals surface area contributed by atoms with Crippen LogP contribution >= 0.6 is 11.3 Å². The summed E-state index contributed by atoms with van der Waals surface area (Å²) in [6.45, 7) is 5.45. The van der Waals surface area contributed by atoms with Gasteiger partial charge in [0.1, 0.15) is 17.2 Å². The van der Waals surface area contributed by atoms with Crippen molar-refractivity contribution in [1.29, 1.82) is 0 Å². The molecule has 0 radical (unpaired) electrons. The van der Waals surface area contributed by atoms with Crippen LogP contribution in [0.2, 0.25) is 0 Å². The SMILES string of the molecule is CCOc1ccc2nc(N3CCN(C(=O)c4cccc(Oc5ccccc5)c4)CC3)sc2c1. The molecular formula is C26H25N3O3S. The molecule has 5 rings (SSSR count). The number of anilines is 1. The van der Waals surface area contributed by atoms with E-state index in [1.807, 2.05) is 84.6 Å². The van der Waals surface area contributed by atoms with Gasteiger partial charge in [0.05, 0.1) is 16.8 Å². The molecule has 0 aliphatic carbocycles. The number of thiazole rings is 1. The average Bonchev–Trinajstić information content (AvgIpc) is 3.28. The second-order valence-electron chi connectivity index (χ2n) is 7.78. The summed E-state index contributed by atoms with van der Waals surface area (Å²) in [5.41, 5.74) is 1.62. The highest BCUT2D eigenvalue weighted by molar-refractivity contribution is 7.22. The molecule has 168 valence electrons. The van der Waals surface area contributed by atoms with Crippen LogP contribution in [0.1, 0.15) is 17.3 Å². The number of rotatable bonds is 6. The van der Waals surface area contributed by atoms with Crippen molar-refractivity contribution in [3.05, 3.63) is 78.4 Å². The summed E-state index contributed by atoms with van der Waals surface area (Å²) in [6, 6.07) is 23.0. The maximum atomic E-state index is 13.1. The van der Waals surface area contributed by atoms with Crippen LogP contribution in [0, 0.1) is 0 Å². The van der Waals surface area contributed by atoms with Crippen LogP contribution in [0.3, 0.4) is 0 Å². The molecule has 1 amide bonds. The van der Waals surface area contributed by atoms with Crippen molar-refractivity contribution in [2.75, 3.05) is 37.7 Å². The first-order valence-corrected chi connectivity index (χ1v) is 11.9. The molecule has 4 aromatic rings. The van der Waals surface area contributed by atoms with Gasteiger partial charge in [-0.1, -0.05) is 35.6 Å². The van der Waals surface area contributed by atoms with Gasteiger partial charge < -0.3 is 19.3 Å². The van der Waals surface area contributed by atoms with Crippen molar-refractivity contribution in [2.24, 2.45) is 0 Å². The van der Waals surface area contributed by atoms with Crippen LogP contribution < -0.4 is 14.4 Å². The zero-order valence-electron chi connectivity index (χ0n) is 18.4. The van der Waals surface area contributed by atoms with E-state index in [-0.39, 0.29) is 5.91 Å². The third kappa shape index (κ3) is 4.78. The van der Waals surface area contributed by atoms with E-state index in [9.17, 15) is 4.79 Å². The molecule has 7 heteroatoms. The minimum atomic E-state index is 0.0267. The summed E-state index contributed by atoms with van der Waals surface area (Å²) >= 11 is 1.67. The van der Waals surface area contributed by atoms with Crippen LogP contribution in [0.4, 0.5) is 5.13 Å². The normalized spacial score (nSPS) is 13.8. The number of benzene rings is 3. The van der Waals surface area contributed by atoms with Gasteiger partial charge in [0.2, 0.25) is 0 Å². The van der Waals surface area contributed by atoms with Crippen molar-refractivity contribution in [2.45, 2.75) is 6.92 Å². The van der Waals surface area contributed by atoms with E-state index in [1.54, 1.807) is 11.3 Å². The van der Waals surface area contributed by atoms with Gasteiger partial charge in [-0.2, -0.15) is 0 Å². The highest BCUT2D eigenvalue weighted by Gasteiger charge is 2.24. The molecule has 3 aromatic carbocycles. The van der Waals surface area contributed by atoms with Gasteiger partial charge in [0.25, 0.3) is 5.91 Å². The Hall–Kier alpha value is -3.58. The Bertz CT molecular complexity index is 1250. The molecule has 6 nitrogen and oxygen atoms in total. The number of piperazine rings is 1. The lowest BCUT2D eigenvalue weighted by atomic mass is 10.1. The van der Waals surface area contributed by atoms with Crippen molar-refractivity contribution in [1.82, 2.24) is 9.88 Å². The molecule has 0 atom stereocenters. The molecule has 2 heterocycles. The summed E-state index contributed by atoms with van der Waals surface area (Å²) in [4.78, 5) is 22.1. The number of ether oxygens (including phenoxy) is 2. The maximum Gasteiger partial charge on any atom is 0.254 e. The fraction of sp³-hybridized carbons (Fsp3) is 0.231. The van der Waals surface area contributed by atoms with Gasteiger partial charge in [-0.05, 0) is 55.5 Å². The zero-order chi connectivity index (χ0) is 22.6. The number of hydrogen-bond acceptors (Lipinski definition) is 6. The Kier molecular flexibility index (Phi) is 6.13. The van der Waals surface area contributed by atoms with Crippen LogP contribution in [0.15, 0.2) is 72.8 Å². The van der Waals surface area contributed by atoms with Crippen molar-refractivity contribution in [3.8, 4) is 17.2 Å². The first kappa shape index (κ1) is 21.3. The molecular weight excluding hydrogens is 434 g/mol. The minimum Gasteiger partial charge on any atom is -0.494 e. The predicted molar refractivity (Wildman–Crippen MR) is 132 cm³/mol. The quantitative estimate of drug-likeness (QED) is 0.384. The van der Waals surface area contributed by atoms with Gasteiger partial charge in [-0.3, -0.25) is 4.79 Å². The Labute approximate surface area is 197 Å². The fourth-order valence-electron chi connectivity index (χ4n) is 3.89. The van der Waals surface area contributed by atoms with Gasteiger partial charge in [0, 0.05) is 31.7 Å². The zero-order valence-corrected chi connectivity index (χ0v) is 19.3. The summed E-state index contributed by atoms with van der Waals surface area (Å²) in [6.07, 6.45) is 0. The fourth-order valence-corrected chi connectivity index (χ4v) is 4.93. The van der Waals surface area contributed by atoms with Gasteiger partial charge in [-0.15, -0.1) is 0 Å². The van der Waals surface area contributed by atoms with Gasteiger partial charge in [0.15, 0.2) is 5.13 Å². The molecule has 0 spiro atoms. The average molecular weight is 460 g/mol. The van der Waals surface area contributed by atoms with Crippen molar-refractivity contribution < 1.29 is 14.3 Å². The van der Waals surface area contributed by atoms with E-state index in [1.165, 1.54) is 0 Å². The number of aromatic nitrogens is 1. The lowest BCUT2D eigenvalue weighted by molar-refractivity contribution is 0.0746. The number of hydrogen-bond donors (Lipinski definition) is 0. The van der Waals surface area contributed by atoms with E-state index >= 15 is 0 Å². The van der Waals surface area contributed by atoms with Crippen LogP contribution in [0.25, 0.3) is 10.2 Å². The smallest absolute Gasteiger partial charge is 0.254 e. The number of carbonyl (C=O) groups is 1. The number of amides is 1. The molecule has 0 unspecified atom stereocenters. The first-order chi connectivity index (χ1) is 16.2. The standard InChI is InChI=1S/C26H25N3O3S/c1-2-31-21-11-12-23-24(18-21)33-26(27-23)29-15-13-28(14-16-29)25(30)19-7-6-10-22(17-19)32-20-8-4-3-5-9-20/h3-12,17-18H,2,13-16H2,1H3. The summed E-state index contributed by atoms with van der Waals surface area (Å²) in [5.74, 6) is 2.31. The third-order valence-electron chi connectivity index (χ3n) is 5.56. The molecule has 1 fully saturated rings. The molecule has 1 aliphatic heterocycles. The molecule has 1 aromatic heterocycles. The Morgan fingerprint density at radius 2 is 1.70 bits per heavy atom. The monoisotopic (exact) mass is 459 g/mol. The second-order valence-corrected chi connectivity index (χ2v) is 8.79. The largest absolute Gasteiger partial charge is 0.494 e. The van der Waals surface area contributed by atoms with E-state index in [0.29, 0.717) is 31.0 Å². The third-order valence-corrected chi connectivity index (χ3v) is 6.64. The highest BCUT2D eigenvalue weighted by atomic mass is 32.1. The topological polar surface area (TPSA) is 54.9 Å². The van der Waals surface area contributed by atoms with E-state index in [4.69, 9.17) is 14.5 Å². The van der Waals surface area contributed by atoms with Crippen molar-refractivity contribution >= 4 is 32.6 Å². The number of fused-ring (bicyclic) bond motifs is 1. The molecule has 1 saturated heterocycles. The van der Waals surface area contributed by atoms with E-state index in [2.05, 4.69) is 4.90 Å². The summed E-state index contributed by atoms with van der Waals surface area (Å²) in [5, 5.41) is 0.990. The minimum absolute atomic E-state index is 0.0267. The van der Waals surface area contributed by atoms with Crippen LogP contribution in [-0.2, 0) is 0 Å². The van der Waals surface area contributed by atoms with Crippen molar-refractivity contribution in [3.63, 3.8) is 0 Å². The van der Waals surface area contributed by atoms with Crippen LogP contribution in [0.5, 0.6) is 17.2 Å². The maximum absolute atomic E-state index is 13.1. The Morgan fingerprint density at radius 3 is 2.48 bits per heavy atom. The highest BCUT2D eigenvalue weighted by Crippen LogP contribution is 2.32. The first-order valence-electron chi connectivity index (χ1n) is 11.1. The lowest BCUT2D eigenvalue weighted by Gasteiger charge is -2.34. The molecule has 0 saturated carbocycles. The molecule has 33 heavy (non-hydrogen) atoms. The summed E-state index contributed by atoms with van der Waals surface area (Å²) < 4.78 is 12.6. The predicted octanol–water partition coefficient (Wildman–Crippen LogP) is 5.45. The second kappa shape index (κ2) is 9.50. The van der Waals surface area contributed by atoms with Crippen LogP contribution in [-0.4, -0.2) is 48.6 Å². The molecule has 1 aliphatic rings. The number of nitrogens with zero attached hydrogens (tertiary/aromatic N) is 3. The van der Waals surface area contributed by atoms with E-state index in [0.717, 1.165) is 39.9 Å². The van der Waals surface area contributed by atoms with Gasteiger partial charge >= 0.3 is 0 Å². The molecule has 0 bridgehead atoms.